The summed E-state index contributed by atoms with van der Waals surface area (Å²) in [5.74, 6) is 1.25. The van der Waals surface area contributed by atoms with Crippen molar-refractivity contribution in [2.24, 2.45) is 0 Å². The van der Waals surface area contributed by atoms with Crippen molar-refractivity contribution in [1.29, 1.82) is 0 Å². The van der Waals surface area contributed by atoms with Crippen LogP contribution in [0, 0.1) is 13.8 Å². The van der Waals surface area contributed by atoms with Gasteiger partial charge in [-0.25, -0.2) is 0 Å². The minimum atomic E-state index is -0.744. The first-order chi connectivity index (χ1) is 20.0. The van der Waals surface area contributed by atoms with Gasteiger partial charge in [0.05, 0.1) is 25.9 Å². The van der Waals surface area contributed by atoms with Crippen LogP contribution in [-0.2, 0) is 6.54 Å². The van der Waals surface area contributed by atoms with Gasteiger partial charge in [0.2, 0.25) is 5.89 Å². The van der Waals surface area contributed by atoms with Gasteiger partial charge in [0.25, 0.3) is 0 Å². The normalized spacial score (nSPS) is 11.9. The lowest BCUT2D eigenvalue weighted by Gasteiger charge is -2.16. The lowest BCUT2D eigenvalue weighted by Crippen LogP contribution is -2.30. The van der Waals surface area contributed by atoms with Gasteiger partial charge in [0, 0.05) is 30.9 Å². The molecule has 0 aliphatic heterocycles. The Kier molecular flexibility index (Phi) is 11.2. The molecule has 0 radical (unpaired) electrons. The maximum atomic E-state index is 9.41. The molecule has 1 heterocycles. The van der Waals surface area contributed by atoms with Crippen molar-refractivity contribution in [3.05, 3.63) is 77.4 Å². The molecule has 4 rings (SSSR count). The number of benzene rings is 3. The first-order valence-corrected chi connectivity index (χ1v) is 13.8. The molecule has 0 spiro atoms. The highest BCUT2D eigenvalue weighted by atomic mass is 16.5. The Hall–Kier alpha value is -3.80. The molecular formula is C31H39N5O5. The zero-order chi connectivity index (χ0) is 29.0. The van der Waals surface area contributed by atoms with Gasteiger partial charge in [-0.2, -0.15) is 0 Å². The zero-order valence-electron chi connectivity index (χ0n) is 23.6. The van der Waals surface area contributed by atoms with Crippen molar-refractivity contribution < 1.29 is 24.5 Å². The fourth-order valence-corrected chi connectivity index (χ4v) is 4.51. The van der Waals surface area contributed by atoms with E-state index >= 15 is 0 Å². The molecule has 0 aliphatic rings. The van der Waals surface area contributed by atoms with Crippen LogP contribution in [0.1, 0.15) is 23.1 Å². The summed E-state index contributed by atoms with van der Waals surface area (Å²) in [7, 11) is 0. The molecule has 1 atom stereocenters. The van der Waals surface area contributed by atoms with Crippen molar-refractivity contribution >= 4 is 11.7 Å². The molecule has 0 unspecified atom stereocenters. The van der Waals surface area contributed by atoms with Crippen molar-refractivity contribution in [3.63, 3.8) is 0 Å². The van der Waals surface area contributed by atoms with Gasteiger partial charge in [-0.05, 0) is 78.9 Å². The molecule has 10 heteroatoms. The summed E-state index contributed by atoms with van der Waals surface area (Å²) in [5, 5.41) is 45.3. The van der Waals surface area contributed by atoms with E-state index in [9.17, 15) is 5.11 Å². The highest BCUT2D eigenvalue weighted by molar-refractivity contribution is 5.78. The van der Waals surface area contributed by atoms with Gasteiger partial charge in [-0.15, -0.1) is 5.10 Å². The van der Waals surface area contributed by atoms with E-state index in [1.165, 1.54) is 0 Å². The second-order valence-corrected chi connectivity index (χ2v) is 9.79. The Bertz CT molecular complexity index is 1390. The molecular weight excluding hydrogens is 522 g/mol. The van der Waals surface area contributed by atoms with Crippen LogP contribution < -0.4 is 20.7 Å². The molecule has 6 N–H and O–H groups in total. The first kappa shape index (κ1) is 30.2. The van der Waals surface area contributed by atoms with Crippen molar-refractivity contribution in [1.82, 2.24) is 20.8 Å². The lowest BCUT2D eigenvalue weighted by molar-refractivity contribution is 0.0942. The van der Waals surface area contributed by atoms with E-state index in [0.29, 0.717) is 44.7 Å². The molecule has 41 heavy (non-hydrogen) atoms. The summed E-state index contributed by atoms with van der Waals surface area (Å²) in [4.78, 5) is 0. The second-order valence-electron chi connectivity index (χ2n) is 9.79. The predicted molar refractivity (Wildman–Crippen MR) is 159 cm³/mol. The Morgan fingerprint density at radius 1 is 0.878 bits per heavy atom. The molecule has 0 aliphatic carbocycles. The molecule has 0 amide bonds. The predicted octanol–water partition coefficient (Wildman–Crippen LogP) is 3.56. The number of aromatic nitrogens is 2. The van der Waals surface area contributed by atoms with E-state index in [1.54, 1.807) is 0 Å². The Balaban J connectivity index is 1.44. The Morgan fingerprint density at radius 2 is 1.63 bits per heavy atom. The van der Waals surface area contributed by atoms with Crippen LogP contribution in [0.3, 0.4) is 0 Å². The van der Waals surface area contributed by atoms with Crippen molar-refractivity contribution in [3.8, 4) is 28.3 Å². The van der Waals surface area contributed by atoms with E-state index in [2.05, 4.69) is 45.2 Å². The van der Waals surface area contributed by atoms with E-state index in [0.717, 1.165) is 51.2 Å². The maximum Gasteiger partial charge on any atom is 0.320 e. The van der Waals surface area contributed by atoms with E-state index < -0.39 is 6.10 Å². The summed E-state index contributed by atoms with van der Waals surface area (Å²) in [6.07, 6.45) is 0.0290. The van der Waals surface area contributed by atoms with Gasteiger partial charge in [-0.1, -0.05) is 41.5 Å². The second kappa shape index (κ2) is 15.3. The largest absolute Gasteiger partial charge is 0.493 e. The first-order valence-electron chi connectivity index (χ1n) is 13.8. The van der Waals surface area contributed by atoms with Crippen LogP contribution >= 0.6 is 0 Å². The van der Waals surface area contributed by atoms with Crippen molar-refractivity contribution in [2.45, 2.75) is 32.9 Å². The highest BCUT2D eigenvalue weighted by Gasteiger charge is 2.16. The zero-order valence-corrected chi connectivity index (χ0v) is 23.6. The number of ether oxygens (including phenoxy) is 1. The third-order valence-corrected chi connectivity index (χ3v) is 6.71. The van der Waals surface area contributed by atoms with Crippen LogP contribution in [0.25, 0.3) is 22.6 Å². The number of hydrogen-bond donors (Lipinski definition) is 6. The maximum absolute atomic E-state index is 9.41. The van der Waals surface area contributed by atoms with Gasteiger partial charge in [0.15, 0.2) is 0 Å². The summed E-state index contributed by atoms with van der Waals surface area (Å²) in [5.41, 5.74) is 6.94. The van der Waals surface area contributed by atoms with Crippen LogP contribution in [-0.4, -0.2) is 71.1 Å². The number of nitrogens with zero attached hydrogens (tertiary/aromatic N) is 2. The molecule has 218 valence electrons. The molecule has 10 nitrogen and oxygen atoms in total. The number of anilines is 2. The van der Waals surface area contributed by atoms with E-state index in [-0.39, 0.29) is 13.2 Å². The molecule has 0 saturated heterocycles. The molecule has 0 bridgehead atoms. The van der Waals surface area contributed by atoms with Crippen LogP contribution in [0.15, 0.2) is 65.1 Å². The fraction of sp³-hybridized carbons (Fsp3) is 0.355. The van der Waals surface area contributed by atoms with Gasteiger partial charge in [0.1, 0.15) is 5.75 Å². The van der Waals surface area contributed by atoms with Crippen LogP contribution in [0.2, 0.25) is 0 Å². The molecule has 3 aromatic carbocycles. The molecule has 0 fully saturated rings. The van der Waals surface area contributed by atoms with Crippen LogP contribution in [0.5, 0.6) is 5.75 Å². The monoisotopic (exact) mass is 561 g/mol. The summed E-state index contributed by atoms with van der Waals surface area (Å²) in [6, 6.07) is 20.3. The Morgan fingerprint density at radius 3 is 2.44 bits per heavy atom. The van der Waals surface area contributed by atoms with Gasteiger partial charge in [-0.3, -0.25) is 0 Å². The lowest BCUT2D eigenvalue weighted by atomic mass is 9.93. The van der Waals surface area contributed by atoms with Crippen LogP contribution in [0.4, 0.5) is 11.7 Å². The smallest absolute Gasteiger partial charge is 0.320 e. The molecule has 4 aromatic rings. The SMILES string of the molecule is Cc1c(OCCCNC[C@H](O)CO)cccc1-c1cccc(-c2nnc(Nc3cccc(CNCCO)c3)o2)c1C. The number of rotatable bonds is 16. The van der Waals surface area contributed by atoms with Crippen molar-refractivity contribution in [2.75, 3.05) is 44.8 Å². The highest BCUT2D eigenvalue weighted by Crippen LogP contribution is 2.36. The Labute approximate surface area is 240 Å². The third-order valence-electron chi connectivity index (χ3n) is 6.71. The molecule has 1 aromatic heterocycles. The average Bonchev–Trinajstić information content (AvgIpc) is 3.44. The third kappa shape index (κ3) is 8.35. The average molecular weight is 562 g/mol. The number of hydrogen-bond acceptors (Lipinski definition) is 10. The van der Waals surface area contributed by atoms with Gasteiger partial charge < -0.3 is 40.4 Å². The number of aliphatic hydroxyl groups excluding tert-OH is 3. The minimum absolute atomic E-state index is 0.0976. The summed E-state index contributed by atoms with van der Waals surface area (Å²) in [6.45, 7) is 6.71. The number of aliphatic hydroxyl groups is 3. The molecule has 0 saturated carbocycles. The summed E-state index contributed by atoms with van der Waals surface area (Å²) < 4.78 is 12.1. The number of nitrogens with one attached hydrogen (secondary N) is 3. The quantitative estimate of drug-likeness (QED) is 0.112. The topological polar surface area (TPSA) is 145 Å². The van der Waals surface area contributed by atoms with Gasteiger partial charge >= 0.3 is 6.01 Å². The fourth-order valence-electron chi connectivity index (χ4n) is 4.51. The standard InChI is InChI=1S/C31H39N5O5/c1-21-26(27-10-5-12-29(22(27)2)40-16-6-13-32-19-25(39)20-38)9-4-11-28(21)30-35-36-31(41-30)34-24-8-3-7-23(17-24)18-33-14-15-37/h3-5,7-12,17,25,32-33,37-39H,6,13-16,18-20H2,1-2H3,(H,34,36)/t25-/m0/s1. The summed E-state index contributed by atoms with van der Waals surface area (Å²) >= 11 is 0. The van der Waals surface area contributed by atoms with E-state index in [4.69, 9.17) is 19.4 Å². The van der Waals surface area contributed by atoms with E-state index in [1.807, 2.05) is 55.5 Å². The minimum Gasteiger partial charge on any atom is -0.493 e.